The maximum absolute atomic E-state index is 8.39. The van der Waals surface area contributed by atoms with Crippen molar-refractivity contribution in [2.45, 2.75) is 239 Å². The fourth-order valence-electron chi connectivity index (χ4n) is 8.30. The maximum atomic E-state index is 8.39. The molecule has 0 heterocycles. The molecule has 2 rings (SSSR count). The first-order chi connectivity index (χ1) is 27.0. The van der Waals surface area contributed by atoms with Gasteiger partial charge in [-0.15, -0.1) is 0 Å². The molecule has 55 heavy (non-hydrogen) atoms. The van der Waals surface area contributed by atoms with Crippen LogP contribution in [0.4, 0.5) is 0 Å². The van der Waals surface area contributed by atoms with Crippen molar-refractivity contribution >= 4 is 38.4 Å². The van der Waals surface area contributed by atoms with Crippen molar-refractivity contribution in [3.63, 3.8) is 0 Å². The van der Waals surface area contributed by atoms with Crippen LogP contribution in [0.25, 0.3) is 0 Å². The average Bonchev–Trinajstić information content (AvgIpc) is 3.19. The predicted octanol–water partition coefficient (Wildman–Crippen LogP) is 17.4. The summed E-state index contributed by atoms with van der Waals surface area (Å²) in [5.74, 6) is 2.28. The van der Waals surface area contributed by atoms with E-state index in [-0.39, 0.29) is 0 Å². The van der Waals surface area contributed by atoms with Crippen molar-refractivity contribution in [3.8, 4) is 11.5 Å². The van der Waals surface area contributed by atoms with Crippen molar-refractivity contribution in [1.82, 2.24) is 0 Å². The Kier molecular flexibility index (Phi) is 30.8. The molecule has 2 aromatic carbocycles. The van der Waals surface area contributed by atoms with Crippen LogP contribution < -0.4 is 6.15 Å². The predicted molar refractivity (Wildman–Crippen MR) is 247 cm³/mol. The van der Waals surface area contributed by atoms with Gasteiger partial charge in [0.15, 0.2) is 0 Å². The number of para-hydroxylation sites is 2. The quantitative estimate of drug-likeness (QED) is 0.0496. The van der Waals surface area contributed by atoms with E-state index in [4.69, 9.17) is 7.56 Å². The molecule has 0 aliphatic rings. The number of unbranched alkanes of at least 4 members (excludes halogenated alkanes) is 20. The van der Waals surface area contributed by atoms with Gasteiger partial charge in [0.2, 0.25) is 0 Å². The van der Waals surface area contributed by atoms with Crippen molar-refractivity contribution in [3.05, 3.63) is 59.7 Å². The summed E-state index contributed by atoms with van der Waals surface area (Å²) in [5.41, 5.74) is 2.75. The Hall–Kier alpha value is -0.403. The second kappa shape index (κ2) is 33.4. The molecule has 0 N–H and O–H groups in total. The van der Waals surface area contributed by atoms with Crippen LogP contribution in [0, 0.1) is 0 Å². The van der Waals surface area contributed by atoms with Crippen LogP contribution in [0.5, 0.6) is 11.5 Å². The first kappa shape index (κ1) is 50.7. The number of benzene rings is 2. The molecular formula is C50H90O3Sn2. The normalized spacial score (nSPS) is 12.0. The van der Waals surface area contributed by atoms with Gasteiger partial charge in [0.1, 0.15) is 0 Å². The molecule has 0 saturated heterocycles. The van der Waals surface area contributed by atoms with Crippen molar-refractivity contribution in [1.29, 1.82) is 0 Å². The van der Waals surface area contributed by atoms with Crippen molar-refractivity contribution < 1.29 is 7.56 Å². The number of hydrogen-bond acceptors (Lipinski definition) is 3. The van der Waals surface area contributed by atoms with Gasteiger partial charge in [-0.05, 0) is 0 Å². The monoisotopic (exact) mass is 978 g/mol. The van der Waals surface area contributed by atoms with Crippen LogP contribution in [0.1, 0.15) is 220 Å². The molecule has 0 saturated carbocycles. The van der Waals surface area contributed by atoms with E-state index in [0.29, 0.717) is 0 Å². The summed E-state index contributed by atoms with van der Waals surface area (Å²) in [6.07, 6.45) is 36.0. The van der Waals surface area contributed by atoms with Gasteiger partial charge < -0.3 is 0 Å². The van der Waals surface area contributed by atoms with E-state index in [1.807, 2.05) is 0 Å². The Bertz CT molecular complexity index is 1050. The van der Waals surface area contributed by atoms with Crippen LogP contribution in [0.2, 0.25) is 17.7 Å². The third-order valence-electron chi connectivity index (χ3n) is 11.6. The molecule has 3 nitrogen and oxygen atoms in total. The van der Waals surface area contributed by atoms with Crippen molar-refractivity contribution in [2.24, 2.45) is 0 Å². The molecule has 0 aliphatic carbocycles. The SMILES string of the molecule is CCCCCCC[CH2][Sn]([CH2]CCCCCCC)([O]c1ccccc1CCC)[O][Sn]([CH2]CCCCCCC)([CH2]CCCCCCC)[O]c1ccccc1CCC. The molecule has 0 bridgehead atoms. The topological polar surface area (TPSA) is 27.7 Å². The summed E-state index contributed by atoms with van der Waals surface area (Å²) < 4.78 is 28.6. The summed E-state index contributed by atoms with van der Waals surface area (Å²) in [5, 5.41) is 0. The van der Waals surface area contributed by atoms with Gasteiger partial charge >= 0.3 is 356 Å². The summed E-state index contributed by atoms with van der Waals surface area (Å²) in [6.45, 7) is 13.9. The molecular weight excluding hydrogens is 886 g/mol. The summed E-state index contributed by atoms with van der Waals surface area (Å²) in [6, 6.07) is 18.1. The summed E-state index contributed by atoms with van der Waals surface area (Å²) in [7, 11) is 0. The molecule has 0 unspecified atom stereocenters. The summed E-state index contributed by atoms with van der Waals surface area (Å²) in [4.78, 5) is 0. The molecule has 0 aromatic heterocycles. The van der Waals surface area contributed by atoms with E-state index in [1.54, 1.807) is 0 Å². The van der Waals surface area contributed by atoms with Crippen LogP contribution in [0.15, 0.2) is 48.5 Å². The zero-order chi connectivity index (χ0) is 39.7. The van der Waals surface area contributed by atoms with E-state index >= 15 is 0 Å². The van der Waals surface area contributed by atoms with E-state index < -0.39 is 38.4 Å². The zero-order valence-electron chi connectivity index (χ0n) is 37.5. The minimum atomic E-state index is -3.83. The number of hydrogen-bond donors (Lipinski definition) is 0. The Morgan fingerprint density at radius 2 is 0.600 bits per heavy atom. The molecule has 5 heteroatoms. The van der Waals surface area contributed by atoms with Crippen molar-refractivity contribution in [2.75, 3.05) is 0 Å². The van der Waals surface area contributed by atoms with E-state index in [1.165, 1.54) is 183 Å². The Morgan fingerprint density at radius 1 is 0.327 bits per heavy atom. The van der Waals surface area contributed by atoms with E-state index in [2.05, 4.69) is 90.1 Å². The molecule has 0 aliphatic heterocycles. The fraction of sp³-hybridized carbons (Fsp3) is 0.760. The molecule has 0 radical (unpaired) electrons. The number of rotatable bonds is 38. The third kappa shape index (κ3) is 22.5. The van der Waals surface area contributed by atoms with Gasteiger partial charge in [-0.3, -0.25) is 0 Å². The van der Waals surface area contributed by atoms with E-state index in [0.717, 1.165) is 37.2 Å². The molecule has 0 amide bonds. The first-order valence-electron chi connectivity index (χ1n) is 24.2. The van der Waals surface area contributed by atoms with Gasteiger partial charge in [0, 0.05) is 0 Å². The second-order valence-corrected chi connectivity index (χ2v) is 38.7. The Morgan fingerprint density at radius 3 is 0.891 bits per heavy atom. The fourth-order valence-corrected chi connectivity index (χ4v) is 49.0. The first-order valence-corrected chi connectivity index (χ1v) is 37.0. The zero-order valence-corrected chi connectivity index (χ0v) is 43.2. The number of aryl methyl sites for hydroxylation is 2. The molecule has 316 valence electrons. The molecule has 0 spiro atoms. The van der Waals surface area contributed by atoms with Gasteiger partial charge in [-0.25, -0.2) is 0 Å². The van der Waals surface area contributed by atoms with Gasteiger partial charge in [0.25, 0.3) is 0 Å². The van der Waals surface area contributed by atoms with Gasteiger partial charge in [-0.2, -0.15) is 0 Å². The molecule has 2 aromatic rings. The van der Waals surface area contributed by atoms with Gasteiger partial charge in [0.05, 0.1) is 0 Å². The van der Waals surface area contributed by atoms with Crippen LogP contribution in [0.3, 0.4) is 0 Å². The average molecular weight is 977 g/mol. The minimum absolute atomic E-state index is 1.07. The molecule has 0 fully saturated rings. The van der Waals surface area contributed by atoms with Crippen LogP contribution in [-0.2, 0) is 14.3 Å². The third-order valence-corrected chi connectivity index (χ3v) is 44.1. The van der Waals surface area contributed by atoms with Crippen LogP contribution in [-0.4, -0.2) is 38.4 Å². The van der Waals surface area contributed by atoms with Gasteiger partial charge in [-0.1, -0.05) is 0 Å². The Labute approximate surface area is 353 Å². The van der Waals surface area contributed by atoms with E-state index in [9.17, 15) is 0 Å². The molecule has 0 atom stereocenters. The summed E-state index contributed by atoms with van der Waals surface area (Å²) >= 11 is -7.66. The second-order valence-electron chi connectivity index (χ2n) is 16.9. The van der Waals surface area contributed by atoms with Crippen LogP contribution >= 0.6 is 0 Å². The Balaban J connectivity index is 2.68. The standard InChI is InChI=1S/2C9H12O.4C8H17.O.2Sn/c2*1-2-5-8-6-3-4-7-9(8)10;4*1-3-5-7-8-6-4-2;;;/h2*3-4,6-7,10H,2,5H2,1H3;4*1,3-8H2,2H3;;;/q;;;;;;;2*+1/p-2.